The van der Waals surface area contributed by atoms with Crippen LogP contribution in [0, 0.1) is 0 Å². The van der Waals surface area contributed by atoms with Crippen molar-refractivity contribution >= 4 is 40.2 Å². The second-order valence-corrected chi connectivity index (χ2v) is 11.5. The first-order valence-corrected chi connectivity index (χ1v) is 15.7. The Labute approximate surface area is 290 Å². The summed E-state index contributed by atoms with van der Waals surface area (Å²) in [6.07, 6.45) is 2.96. The standard InChI is InChI=1S/C36H32N8O7/c37-34(48)14-12-29(36(50)40-24-5-4-8-27(17-24)51-26-6-2-1-3-7-26)44-19-25(41-42-44)18-38-35(49)23-9-11-28-30(15-23)43(21-39-28)20-33(47)22-10-13-31(45)32(46)16-22/h1-11,13,15-17,19,21,29,45-46H,12,14,18,20H2,(H2,37,48)(H,38,49)(H,40,50)/t29-/m0/s1. The third-order valence-corrected chi connectivity index (χ3v) is 7.85. The second kappa shape index (κ2) is 15.0. The van der Waals surface area contributed by atoms with Crippen molar-refractivity contribution in [2.24, 2.45) is 5.73 Å². The van der Waals surface area contributed by atoms with Gasteiger partial charge in [0.25, 0.3) is 5.91 Å². The number of para-hydroxylation sites is 1. The van der Waals surface area contributed by atoms with E-state index >= 15 is 0 Å². The number of nitrogens with one attached hydrogen (secondary N) is 2. The van der Waals surface area contributed by atoms with Crippen LogP contribution in [0.1, 0.15) is 45.3 Å². The van der Waals surface area contributed by atoms with E-state index in [9.17, 15) is 29.4 Å². The van der Waals surface area contributed by atoms with Crippen LogP contribution in [0.5, 0.6) is 23.0 Å². The van der Waals surface area contributed by atoms with E-state index in [-0.39, 0.29) is 43.0 Å². The second-order valence-electron chi connectivity index (χ2n) is 11.5. The molecule has 15 heteroatoms. The van der Waals surface area contributed by atoms with E-state index < -0.39 is 29.5 Å². The van der Waals surface area contributed by atoms with Gasteiger partial charge in [-0.05, 0) is 67.1 Å². The lowest BCUT2D eigenvalue weighted by molar-refractivity contribution is -0.120. The number of imidazole rings is 1. The van der Waals surface area contributed by atoms with Crippen LogP contribution in [0.15, 0.2) is 104 Å². The number of fused-ring (bicyclic) bond motifs is 1. The van der Waals surface area contributed by atoms with Crippen molar-refractivity contribution in [2.75, 3.05) is 5.32 Å². The van der Waals surface area contributed by atoms with Crippen molar-refractivity contribution in [3.05, 3.63) is 120 Å². The van der Waals surface area contributed by atoms with Gasteiger partial charge in [-0.15, -0.1) is 5.10 Å². The van der Waals surface area contributed by atoms with E-state index in [1.807, 2.05) is 30.3 Å². The number of hydrogen-bond acceptors (Lipinski definition) is 10. The first-order chi connectivity index (χ1) is 24.6. The Balaban J connectivity index is 1.11. The Bertz CT molecular complexity index is 2230. The van der Waals surface area contributed by atoms with Gasteiger partial charge in [0.05, 0.1) is 36.6 Å². The number of rotatable bonds is 14. The molecule has 0 aliphatic heterocycles. The van der Waals surface area contributed by atoms with Crippen molar-refractivity contribution < 1.29 is 34.1 Å². The van der Waals surface area contributed by atoms with E-state index in [4.69, 9.17) is 10.5 Å². The van der Waals surface area contributed by atoms with Crippen LogP contribution < -0.4 is 21.1 Å². The molecule has 0 aliphatic carbocycles. The third kappa shape index (κ3) is 8.34. The molecule has 0 radical (unpaired) electrons. The van der Waals surface area contributed by atoms with Crippen LogP contribution in [0.4, 0.5) is 5.69 Å². The average Bonchev–Trinajstić information content (AvgIpc) is 3.75. The maximum absolute atomic E-state index is 13.4. The topological polar surface area (TPSA) is 217 Å². The Morgan fingerprint density at radius 1 is 0.863 bits per heavy atom. The molecule has 4 aromatic carbocycles. The number of ketones is 1. The maximum Gasteiger partial charge on any atom is 0.251 e. The summed E-state index contributed by atoms with van der Waals surface area (Å²) in [5.41, 5.74) is 7.79. The van der Waals surface area contributed by atoms with Crippen molar-refractivity contribution in [3.8, 4) is 23.0 Å². The molecule has 6 aromatic rings. The van der Waals surface area contributed by atoms with Crippen molar-refractivity contribution in [3.63, 3.8) is 0 Å². The minimum absolute atomic E-state index is 0.0258. The van der Waals surface area contributed by atoms with Crippen molar-refractivity contribution in [2.45, 2.75) is 32.0 Å². The fraction of sp³-hybridized carbons (Fsp3) is 0.139. The molecule has 51 heavy (non-hydrogen) atoms. The minimum Gasteiger partial charge on any atom is -0.504 e. The molecule has 3 amide bonds. The molecule has 0 saturated heterocycles. The van der Waals surface area contributed by atoms with E-state index in [1.54, 1.807) is 47.0 Å². The fourth-order valence-electron chi connectivity index (χ4n) is 5.24. The number of benzene rings is 4. The number of nitrogens with two attached hydrogens (primary N) is 1. The van der Waals surface area contributed by atoms with Gasteiger partial charge in [0.1, 0.15) is 23.2 Å². The zero-order valence-electron chi connectivity index (χ0n) is 27.0. The van der Waals surface area contributed by atoms with Gasteiger partial charge < -0.3 is 35.9 Å². The van der Waals surface area contributed by atoms with Crippen LogP contribution in [0.3, 0.4) is 0 Å². The number of anilines is 1. The monoisotopic (exact) mass is 688 g/mol. The zero-order valence-corrected chi connectivity index (χ0v) is 27.0. The van der Waals surface area contributed by atoms with Gasteiger partial charge in [-0.25, -0.2) is 9.67 Å². The normalized spacial score (nSPS) is 11.5. The van der Waals surface area contributed by atoms with Crippen LogP contribution in [-0.4, -0.2) is 58.3 Å². The summed E-state index contributed by atoms with van der Waals surface area (Å²) in [4.78, 5) is 55.3. The van der Waals surface area contributed by atoms with Gasteiger partial charge in [-0.2, -0.15) is 0 Å². The lowest BCUT2D eigenvalue weighted by atomic mass is 10.1. The van der Waals surface area contributed by atoms with Gasteiger partial charge in [0.2, 0.25) is 11.8 Å². The number of phenolic OH excluding ortho intramolecular Hbond substituents is 2. The van der Waals surface area contributed by atoms with Gasteiger partial charge in [-0.1, -0.05) is 29.5 Å². The van der Waals surface area contributed by atoms with E-state index in [1.165, 1.54) is 35.4 Å². The van der Waals surface area contributed by atoms with E-state index in [2.05, 4.69) is 25.9 Å². The predicted molar refractivity (Wildman–Crippen MR) is 184 cm³/mol. The van der Waals surface area contributed by atoms with E-state index in [0.29, 0.717) is 39.5 Å². The number of primary amides is 1. The number of amides is 3. The zero-order chi connectivity index (χ0) is 35.9. The molecule has 6 rings (SSSR count). The molecule has 0 fully saturated rings. The van der Waals surface area contributed by atoms with Crippen molar-refractivity contribution in [1.82, 2.24) is 29.9 Å². The number of hydrogen-bond donors (Lipinski definition) is 5. The smallest absolute Gasteiger partial charge is 0.251 e. The summed E-state index contributed by atoms with van der Waals surface area (Å²) in [6, 6.07) is 23.8. The number of nitrogens with zero attached hydrogens (tertiary/aromatic N) is 5. The molecule has 0 bridgehead atoms. The lowest BCUT2D eigenvalue weighted by Gasteiger charge is -2.16. The number of aromatic nitrogens is 5. The van der Waals surface area contributed by atoms with Crippen LogP contribution in [0.2, 0.25) is 0 Å². The summed E-state index contributed by atoms with van der Waals surface area (Å²) in [6.45, 7) is -0.145. The number of aromatic hydroxyl groups is 2. The SMILES string of the molecule is NC(=O)CC[C@@H](C(=O)Nc1cccc(Oc2ccccc2)c1)n1cc(CNC(=O)c2ccc3ncn(CC(=O)c4ccc(O)c(O)c4)c3c2)nn1. The molecular weight excluding hydrogens is 656 g/mol. The van der Waals surface area contributed by atoms with Gasteiger partial charge in [-0.3, -0.25) is 19.2 Å². The van der Waals surface area contributed by atoms with Gasteiger partial charge >= 0.3 is 0 Å². The molecule has 258 valence electrons. The van der Waals surface area contributed by atoms with Crippen molar-refractivity contribution in [1.29, 1.82) is 0 Å². The average molecular weight is 689 g/mol. The lowest BCUT2D eigenvalue weighted by Crippen LogP contribution is -2.28. The summed E-state index contributed by atoms with van der Waals surface area (Å²) in [5.74, 6) is -1.41. The number of carbonyl (C=O) groups is 4. The first kappa shape index (κ1) is 33.9. The summed E-state index contributed by atoms with van der Waals surface area (Å²) < 4.78 is 8.76. The molecular formula is C36H32N8O7. The number of Topliss-reactive ketones (excluding diaryl/α,β-unsaturated/α-hetero) is 1. The maximum atomic E-state index is 13.4. The molecule has 0 spiro atoms. The highest BCUT2D eigenvalue weighted by Crippen LogP contribution is 2.27. The Morgan fingerprint density at radius 2 is 1.65 bits per heavy atom. The van der Waals surface area contributed by atoms with Crippen LogP contribution in [0.25, 0.3) is 11.0 Å². The quantitative estimate of drug-likeness (QED) is 0.0816. The summed E-state index contributed by atoms with van der Waals surface area (Å²) >= 11 is 0. The molecule has 0 aliphatic rings. The highest BCUT2D eigenvalue weighted by atomic mass is 16.5. The van der Waals surface area contributed by atoms with Crippen LogP contribution in [-0.2, 0) is 22.7 Å². The largest absolute Gasteiger partial charge is 0.504 e. The molecule has 2 heterocycles. The molecule has 0 saturated carbocycles. The molecule has 15 nitrogen and oxygen atoms in total. The molecule has 0 unspecified atom stereocenters. The first-order valence-electron chi connectivity index (χ1n) is 15.7. The molecule has 6 N–H and O–H groups in total. The summed E-state index contributed by atoms with van der Waals surface area (Å²) in [5, 5.41) is 33.1. The fourth-order valence-corrected chi connectivity index (χ4v) is 5.24. The van der Waals surface area contributed by atoms with Gasteiger partial charge in [0, 0.05) is 29.3 Å². The van der Waals surface area contributed by atoms with Crippen LogP contribution >= 0.6 is 0 Å². The third-order valence-electron chi connectivity index (χ3n) is 7.85. The number of carbonyl (C=O) groups excluding carboxylic acids is 4. The summed E-state index contributed by atoms with van der Waals surface area (Å²) in [7, 11) is 0. The number of phenols is 2. The Morgan fingerprint density at radius 3 is 2.43 bits per heavy atom. The highest BCUT2D eigenvalue weighted by molar-refractivity contribution is 5.99. The molecule has 1 atom stereocenters. The Kier molecular flexibility index (Phi) is 9.98. The highest BCUT2D eigenvalue weighted by Gasteiger charge is 2.24. The van der Waals surface area contributed by atoms with E-state index in [0.717, 1.165) is 0 Å². The van der Waals surface area contributed by atoms with Gasteiger partial charge in [0.15, 0.2) is 17.3 Å². The minimum atomic E-state index is -0.941. The molecule has 2 aromatic heterocycles. The predicted octanol–water partition coefficient (Wildman–Crippen LogP) is 4.09. The Hall–Kier alpha value is -7.03. The number of ether oxygens (including phenoxy) is 1.